The van der Waals surface area contributed by atoms with Crippen LogP contribution >= 0.6 is 11.6 Å². The molecule has 0 saturated carbocycles. The molecule has 0 aliphatic rings. The first-order valence-electron chi connectivity index (χ1n) is 7.70. The van der Waals surface area contributed by atoms with Crippen LogP contribution in [0.1, 0.15) is 10.4 Å². The van der Waals surface area contributed by atoms with E-state index in [2.05, 4.69) is 15.6 Å². The quantitative estimate of drug-likeness (QED) is 0.737. The number of aromatic nitrogens is 3. The van der Waals surface area contributed by atoms with Gasteiger partial charge in [-0.1, -0.05) is 16.4 Å². The van der Waals surface area contributed by atoms with Crippen molar-refractivity contribution in [2.24, 2.45) is 0 Å². The molecule has 1 heterocycles. The molecule has 9 heteroatoms. The van der Waals surface area contributed by atoms with Gasteiger partial charge in [0.25, 0.3) is 11.8 Å². The van der Waals surface area contributed by atoms with E-state index in [1.54, 1.807) is 56.6 Å². The molecule has 0 fully saturated rings. The van der Waals surface area contributed by atoms with Crippen LogP contribution in [0.4, 0.5) is 5.69 Å². The number of hydrogen-bond acceptors (Lipinski definition) is 5. The summed E-state index contributed by atoms with van der Waals surface area (Å²) in [5.41, 5.74) is 2.27. The fraction of sp³-hybridized carbons (Fsp3) is 0.176. The lowest BCUT2D eigenvalue weighted by atomic mass is 10.2. The van der Waals surface area contributed by atoms with Crippen LogP contribution < -0.4 is 10.2 Å². The molecule has 8 nitrogen and oxygen atoms in total. The molecule has 1 aromatic heterocycles. The number of fused-ring (bicyclic) bond motifs is 1. The van der Waals surface area contributed by atoms with E-state index in [4.69, 9.17) is 16.4 Å². The molecule has 0 unspecified atom stereocenters. The number of anilines is 1. The highest BCUT2D eigenvalue weighted by Gasteiger charge is 2.10. The Bertz CT molecular complexity index is 953. The molecule has 0 aliphatic heterocycles. The molecule has 0 spiro atoms. The first-order chi connectivity index (χ1) is 12.4. The van der Waals surface area contributed by atoms with Crippen LogP contribution in [0.2, 0.25) is 5.02 Å². The van der Waals surface area contributed by atoms with Crippen molar-refractivity contribution in [3.63, 3.8) is 0 Å². The Kier molecular flexibility index (Phi) is 5.04. The Morgan fingerprint density at radius 2 is 1.92 bits per heavy atom. The number of halogens is 1. The molecule has 0 atom stereocenters. The Hall–Kier alpha value is -3.13. The lowest BCUT2D eigenvalue weighted by Gasteiger charge is -2.11. The second kappa shape index (κ2) is 7.40. The normalized spacial score (nSPS) is 10.6. The fourth-order valence-electron chi connectivity index (χ4n) is 2.24. The Balaban J connectivity index is 1.60. The average molecular weight is 374 g/mol. The molecule has 0 radical (unpaired) electrons. The van der Waals surface area contributed by atoms with E-state index in [1.165, 1.54) is 4.90 Å². The van der Waals surface area contributed by atoms with E-state index < -0.39 is 0 Å². The van der Waals surface area contributed by atoms with Gasteiger partial charge < -0.3 is 15.1 Å². The third-order valence-corrected chi connectivity index (χ3v) is 3.75. The van der Waals surface area contributed by atoms with Gasteiger partial charge in [0, 0.05) is 30.4 Å². The van der Waals surface area contributed by atoms with Crippen LogP contribution in [0.3, 0.4) is 0 Å². The largest absolute Gasteiger partial charge is 0.385 e. The van der Waals surface area contributed by atoms with Gasteiger partial charge in [-0.05, 0) is 47.7 Å². The molecule has 0 saturated heterocycles. The van der Waals surface area contributed by atoms with Crippen molar-refractivity contribution >= 4 is 40.1 Å². The monoisotopic (exact) mass is 373 g/mol. The van der Waals surface area contributed by atoms with Crippen LogP contribution in [0.5, 0.6) is 0 Å². The van der Waals surface area contributed by atoms with Crippen molar-refractivity contribution in [3.8, 4) is 0 Å². The third kappa shape index (κ3) is 3.92. The topological polar surface area (TPSA) is 89.4 Å². The lowest BCUT2D eigenvalue weighted by molar-refractivity contribution is -0.121. The minimum Gasteiger partial charge on any atom is -0.385 e. The number of benzene rings is 2. The van der Waals surface area contributed by atoms with Gasteiger partial charge in [-0.2, -0.15) is 0 Å². The molecule has 1 N–H and O–H groups in total. The highest BCUT2D eigenvalue weighted by molar-refractivity contribution is 6.31. The zero-order valence-electron chi connectivity index (χ0n) is 14.1. The van der Waals surface area contributed by atoms with E-state index >= 15 is 0 Å². The Labute approximate surface area is 154 Å². The zero-order valence-corrected chi connectivity index (χ0v) is 14.9. The smallest absolute Gasteiger partial charge is 0.265 e. The minimum absolute atomic E-state index is 0.108. The van der Waals surface area contributed by atoms with E-state index in [-0.39, 0.29) is 18.4 Å². The Morgan fingerprint density at radius 3 is 2.62 bits per heavy atom. The van der Waals surface area contributed by atoms with Crippen LogP contribution in [0.15, 0.2) is 42.5 Å². The van der Waals surface area contributed by atoms with Gasteiger partial charge in [-0.3, -0.25) is 9.59 Å². The number of nitrogens with one attached hydrogen (secondary N) is 1. The van der Waals surface area contributed by atoms with Crippen molar-refractivity contribution < 1.29 is 14.4 Å². The summed E-state index contributed by atoms with van der Waals surface area (Å²) in [6.07, 6.45) is 0. The SMILES string of the molecule is CN(C)C(=O)c1ccc(NC(=O)COn2nnc3ccc(Cl)cc32)cc1. The minimum atomic E-state index is -0.373. The van der Waals surface area contributed by atoms with Crippen LogP contribution in [-0.2, 0) is 4.79 Å². The number of amides is 2. The molecular formula is C17H16ClN5O3. The van der Waals surface area contributed by atoms with E-state index in [0.29, 0.717) is 27.3 Å². The van der Waals surface area contributed by atoms with Crippen molar-refractivity contribution in [3.05, 3.63) is 53.1 Å². The Morgan fingerprint density at radius 1 is 1.19 bits per heavy atom. The summed E-state index contributed by atoms with van der Waals surface area (Å²) in [6.45, 7) is -0.261. The maximum Gasteiger partial charge on any atom is 0.265 e. The van der Waals surface area contributed by atoms with Gasteiger partial charge in [0.15, 0.2) is 6.61 Å². The van der Waals surface area contributed by atoms with Gasteiger partial charge in [-0.25, -0.2) is 0 Å². The molecule has 2 amide bonds. The predicted octanol–water partition coefficient (Wildman–Crippen LogP) is 1.85. The molecule has 134 valence electrons. The second-order valence-corrected chi connectivity index (χ2v) is 6.13. The standard InChI is InChI=1S/C17H16ClN5O3/c1-22(2)17(25)11-3-6-13(7-4-11)19-16(24)10-26-23-15-9-12(18)5-8-14(15)20-21-23/h3-9H,10H2,1-2H3,(H,19,24). The van der Waals surface area contributed by atoms with Crippen LogP contribution in [0, 0.1) is 0 Å². The fourth-order valence-corrected chi connectivity index (χ4v) is 2.40. The van der Waals surface area contributed by atoms with Crippen molar-refractivity contribution in [1.29, 1.82) is 0 Å². The van der Waals surface area contributed by atoms with Gasteiger partial charge in [0.2, 0.25) is 0 Å². The first kappa shape index (κ1) is 17.7. The van der Waals surface area contributed by atoms with E-state index in [0.717, 1.165) is 4.85 Å². The number of carbonyl (C=O) groups excluding carboxylic acids is 2. The molecule has 26 heavy (non-hydrogen) atoms. The highest BCUT2D eigenvalue weighted by atomic mass is 35.5. The predicted molar refractivity (Wildman–Crippen MR) is 97.1 cm³/mol. The summed E-state index contributed by atoms with van der Waals surface area (Å²) < 4.78 is 0. The van der Waals surface area contributed by atoms with Crippen molar-refractivity contribution in [2.75, 3.05) is 26.0 Å². The summed E-state index contributed by atoms with van der Waals surface area (Å²) >= 11 is 5.94. The number of nitrogens with zero attached hydrogens (tertiary/aromatic N) is 4. The maximum atomic E-state index is 12.0. The van der Waals surface area contributed by atoms with Gasteiger partial charge >= 0.3 is 0 Å². The van der Waals surface area contributed by atoms with Crippen LogP contribution in [0.25, 0.3) is 11.0 Å². The summed E-state index contributed by atoms with van der Waals surface area (Å²) in [5, 5.41) is 10.9. The molecular weight excluding hydrogens is 358 g/mol. The van der Waals surface area contributed by atoms with Gasteiger partial charge in [0.05, 0.1) is 0 Å². The van der Waals surface area contributed by atoms with Crippen molar-refractivity contribution in [1.82, 2.24) is 20.1 Å². The highest BCUT2D eigenvalue weighted by Crippen LogP contribution is 2.16. The molecule has 0 aliphatic carbocycles. The second-order valence-electron chi connectivity index (χ2n) is 5.69. The first-order valence-corrected chi connectivity index (χ1v) is 8.07. The third-order valence-electron chi connectivity index (χ3n) is 3.52. The van der Waals surface area contributed by atoms with E-state index in [1.807, 2.05) is 0 Å². The summed E-state index contributed by atoms with van der Waals surface area (Å²) in [6, 6.07) is 11.6. The van der Waals surface area contributed by atoms with Crippen molar-refractivity contribution in [2.45, 2.75) is 0 Å². The summed E-state index contributed by atoms with van der Waals surface area (Å²) in [7, 11) is 3.35. The van der Waals surface area contributed by atoms with Gasteiger partial charge in [-0.15, -0.1) is 5.10 Å². The number of carbonyl (C=O) groups is 2. The maximum absolute atomic E-state index is 12.0. The van der Waals surface area contributed by atoms with Gasteiger partial charge in [0.1, 0.15) is 11.0 Å². The number of hydrogen-bond donors (Lipinski definition) is 1. The summed E-state index contributed by atoms with van der Waals surface area (Å²) in [5.74, 6) is -0.481. The van der Waals surface area contributed by atoms with Crippen LogP contribution in [-0.4, -0.2) is 52.6 Å². The zero-order chi connectivity index (χ0) is 18.7. The molecule has 3 aromatic rings. The number of rotatable bonds is 5. The van der Waals surface area contributed by atoms with E-state index in [9.17, 15) is 9.59 Å². The lowest BCUT2D eigenvalue weighted by Crippen LogP contribution is -2.26. The molecule has 0 bridgehead atoms. The summed E-state index contributed by atoms with van der Waals surface area (Å²) in [4.78, 5) is 31.9. The molecule has 3 rings (SSSR count). The molecule has 2 aromatic carbocycles. The average Bonchev–Trinajstić information content (AvgIpc) is 3.02.